The minimum Gasteiger partial charge on any atom is -0.343 e. The van der Waals surface area contributed by atoms with Crippen LogP contribution in [0.15, 0.2) is 30.3 Å². The van der Waals surface area contributed by atoms with Crippen LogP contribution in [0.4, 0.5) is 5.69 Å². The molecular weight excluding hydrogens is 230 g/mol. The first-order valence-electron chi connectivity index (χ1n) is 6.18. The third-order valence-electron chi connectivity index (χ3n) is 3.15. The van der Waals surface area contributed by atoms with E-state index in [-0.39, 0.29) is 0 Å². The maximum atomic E-state index is 5.46. The highest BCUT2D eigenvalue weighted by molar-refractivity contribution is 7.80. The summed E-state index contributed by atoms with van der Waals surface area (Å²) in [4.78, 5) is 3.87. The molecule has 1 saturated heterocycles. The quantitative estimate of drug-likeness (QED) is 0.712. The number of hydrogen-bond acceptors (Lipinski definition) is 1. The van der Waals surface area contributed by atoms with Crippen molar-refractivity contribution in [3.05, 3.63) is 30.3 Å². The number of anilines is 1. The highest BCUT2D eigenvalue weighted by Gasteiger charge is 2.16. The summed E-state index contributed by atoms with van der Waals surface area (Å²) < 4.78 is 0. The van der Waals surface area contributed by atoms with Crippen molar-refractivity contribution >= 4 is 23.0 Å². The largest absolute Gasteiger partial charge is 0.343 e. The highest BCUT2D eigenvalue weighted by atomic mass is 32.1. The van der Waals surface area contributed by atoms with E-state index in [1.54, 1.807) is 4.90 Å². The van der Waals surface area contributed by atoms with Crippen molar-refractivity contribution in [3.63, 3.8) is 0 Å². The summed E-state index contributed by atoms with van der Waals surface area (Å²) in [5.41, 5.74) is 1.07. The third kappa shape index (κ3) is 3.68. The normalized spacial score (nSPS) is 20.8. The van der Waals surface area contributed by atoms with Crippen LogP contribution >= 0.6 is 12.2 Å². The minimum absolute atomic E-state index is 0.853. The zero-order valence-electron chi connectivity index (χ0n) is 10.3. The number of rotatable bonds is 1. The van der Waals surface area contributed by atoms with Crippen molar-refractivity contribution in [2.45, 2.75) is 6.42 Å². The lowest BCUT2D eigenvalue weighted by atomic mass is 10.3. The average Bonchev–Trinajstić information content (AvgIpc) is 2.55. The van der Waals surface area contributed by atoms with E-state index in [9.17, 15) is 0 Å². The molecule has 92 valence electrons. The molecule has 0 radical (unpaired) electrons. The van der Waals surface area contributed by atoms with Gasteiger partial charge in [0.15, 0.2) is 5.11 Å². The van der Waals surface area contributed by atoms with Crippen molar-refractivity contribution in [3.8, 4) is 0 Å². The summed E-state index contributed by atoms with van der Waals surface area (Å²) in [7, 11) is 2.25. The summed E-state index contributed by atoms with van der Waals surface area (Å²) in [6, 6.07) is 10.1. The van der Waals surface area contributed by atoms with E-state index in [0.29, 0.717) is 0 Å². The Kier molecular flexibility index (Phi) is 4.34. The molecule has 1 aromatic rings. The van der Waals surface area contributed by atoms with Crippen LogP contribution in [0.3, 0.4) is 0 Å². The lowest BCUT2D eigenvalue weighted by molar-refractivity contribution is -0.877. The number of benzene rings is 1. The lowest BCUT2D eigenvalue weighted by Crippen LogP contribution is -3.09. The van der Waals surface area contributed by atoms with Gasteiger partial charge >= 0.3 is 0 Å². The molecule has 17 heavy (non-hydrogen) atoms. The fourth-order valence-electron chi connectivity index (χ4n) is 2.06. The Hall–Kier alpha value is -1.13. The van der Waals surface area contributed by atoms with Crippen molar-refractivity contribution in [1.82, 2.24) is 4.90 Å². The van der Waals surface area contributed by atoms with Gasteiger partial charge in [0, 0.05) is 18.7 Å². The van der Waals surface area contributed by atoms with Crippen LogP contribution in [-0.2, 0) is 0 Å². The molecule has 0 aromatic heterocycles. The summed E-state index contributed by atoms with van der Waals surface area (Å²) in [6.07, 6.45) is 1.21. The van der Waals surface area contributed by atoms with E-state index in [4.69, 9.17) is 12.2 Å². The van der Waals surface area contributed by atoms with Crippen LogP contribution in [-0.4, -0.2) is 43.2 Å². The number of nitrogens with zero attached hydrogens (tertiary/aromatic N) is 1. The standard InChI is InChI=1S/C13H19N3S/c1-15-8-5-9-16(11-10-15)13(17)14-12-6-3-2-4-7-12/h2-4,6-7H,5,8-11H2,1H3,(H,14,17)/p+1. The molecule has 3 nitrogen and oxygen atoms in total. The SMILES string of the molecule is C[NH+]1CCCN(C(=S)Nc2ccccc2)CC1. The highest BCUT2D eigenvalue weighted by Crippen LogP contribution is 2.07. The molecule has 0 bridgehead atoms. The smallest absolute Gasteiger partial charge is 0.173 e. The van der Waals surface area contributed by atoms with Crippen LogP contribution < -0.4 is 10.2 Å². The molecule has 1 heterocycles. The molecule has 1 unspecified atom stereocenters. The van der Waals surface area contributed by atoms with Crippen molar-refractivity contribution < 1.29 is 4.90 Å². The third-order valence-corrected chi connectivity index (χ3v) is 3.51. The predicted molar refractivity (Wildman–Crippen MR) is 75.5 cm³/mol. The number of hydrogen-bond donors (Lipinski definition) is 2. The topological polar surface area (TPSA) is 19.7 Å². The Morgan fingerprint density at radius 3 is 2.76 bits per heavy atom. The molecule has 4 heteroatoms. The van der Waals surface area contributed by atoms with Gasteiger partial charge in [-0.15, -0.1) is 0 Å². The molecule has 2 N–H and O–H groups in total. The van der Waals surface area contributed by atoms with Gasteiger partial charge in [0.05, 0.1) is 26.7 Å². The number of likely N-dealkylation sites (N-methyl/N-ethyl adjacent to an activating group) is 1. The molecule has 1 fully saturated rings. The zero-order valence-corrected chi connectivity index (χ0v) is 11.1. The average molecular weight is 250 g/mol. The van der Waals surface area contributed by atoms with Crippen molar-refractivity contribution in [2.75, 3.05) is 38.5 Å². The van der Waals surface area contributed by atoms with E-state index in [0.717, 1.165) is 30.4 Å². The Morgan fingerprint density at radius 2 is 2.00 bits per heavy atom. The van der Waals surface area contributed by atoms with Gasteiger partial charge in [-0.3, -0.25) is 0 Å². The number of quaternary nitrogens is 1. The molecule has 1 aliphatic heterocycles. The number of para-hydroxylation sites is 1. The fourth-order valence-corrected chi connectivity index (χ4v) is 2.36. The summed E-state index contributed by atoms with van der Waals surface area (Å²) in [5, 5.41) is 4.16. The van der Waals surface area contributed by atoms with Crippen LogP contribution in [0.25, 0.3) is 0 Å². The summed E-state index contributed by atoms with van der Waals surface area (Å²) in [6.45, 7) is 4.52. The fraction of sp³-hybridized carbons (Fsp3) is 0.462. The molecule has 1 aliphatic rings. The Morgan fingerprint density at radius 1 is 1.24 bits per heavy atom. The molecule has 2 rings (SSSR count). The monoisotopic (exact) mass is 250 g/mol. The molecule has 0 aliphatic carbocycles. The van der Waals surface area contributed by atoms with Crippen molar-refractivity contribution in [2.24, 2.45) is 0 Å². The molecule has 0 spiro atoms. The van der Waals surface area contributed by atoms with E-state index >= 15 is 0 Å². The summed E-state index contributed by atoms with van der Waals surface area (Å²) in [5.74, 6) is 0. The van der Waals surface area contributed by atoms with Crippen LogP contribution in [0.1, 0.15) is 6.42 Å². The Labute approximate surface area is 108 Å². The number of thiocarbonyl (C=S) groups is 1. The van der Waals surface area contributed by atoms with Gasteiger partial charge in [-0.05, 0) is 24.4 Å². The second-order valence-electron chi connectivity index (χ2n) is 4.59. The molecule has 1 aromatic carbocycles. The first-order valence-corrected chi connectivity index (χ1v) is 6.59. The van der Waals surface area contributed by atoms with Gasteiger partial charge in [0.2, 0.25) is 0 Å². The van der Waals surface area contributed by atoms with Crippen molar-refractivity contribution in [1.29, 1.82) is 0 Å². The molecule has 1 atom stereocenters. The van der Waals surface area contributed by atoms with Gasteiger partial charge in [-0.2, -0.15) is 0 Å². The van der Waals surface area contributed by atoms with E-state index in [1.165, 1.54) is 13.0 Å². The van der Waals surface area contributed by atoms with Gasteiger partial charge in [-0.25, -0.2) is 0 Å². The predicted octanol–water partition coefficient (Wildman–Crippen LogP) is 0.604. The van der Waals surface area contributed by atoms with E-state index in [2.05, 4.69) is 17.3 Å². The van der Waals surface area contributed by atoms with Gasteiger partial charge < -0.3 is 15.1 Å². The second-order valence-corrected chi connectivity index (χ2v) is 4.98. The van der Waals surface area contributed by atoms with E-state index in [1.807, 2.05) is 30.3 Å². The van der Waals surface area contributed by atoms with Gasteiger partial charge in [0.25, 0.3) is 0 Å². The first kappa shape index (κ1) is 12.3. The first-order chi connectivity index (χ1) is 8.25. The molecule has 0 amide bonds. The minimum atomic E-state index is 0.853. The van der Waals surface area contributed by atoms with Crippen LogP contribution in [0.2, 0.25) is 0 Å². The lowest BCUT2D eigenvalue weighted by Gasteiger charge is -2.23. The van der Waals surface area contributed by atoms with Crippen LogP contribution in [0.5, 0.6) is 0 Å². The van der Waals surface area contributed by atoms with Gasteiger partial charge in [0.1, 0.15) is 0 Å². The Bertz CT molecular complexity index is 366. The molecular formula is C13H20N3S+. The van der Waals surface area contributed by atoms with Gasteiger partial charge in [-0.1, -0.05) is 18.2 Å². The van der Waals surface area contributed by atoms with Crippen LogP contribution in [0, 0.1) is 0 Å². The maximum absolute atomic E-state index is 5.46. The Balaban J connectivity index is 1.91. The zero-order chi connectivity index (χ0) is 12.1. The second kappa shape index (κ2) is 5.98. The summed E-state index contributed by atoms with van der Waals surface area (Å²) >= 11 is 5.46. The molecule has 0 saturated carbocycles. The number of nitrogens with one attached hydrogen (secondary N) is 2. The van der Waals surface area contributed by atoms with E-state index < -0.39 is 0 Å². The maximum Gasteiger partial charge on any atom is 0.173 e.